The number of hydrogen-bond acceptors (Lipinski definition) is 2. The summed E-state index contributed by atoms with van der Waals surface area (Å²) in [6.07, 6.45) is 11.9. The molecule has 2 rings (SSSR count). The van der Waals surface area contributed by atoms with Gasteiger partial charge in [-0.1, -0.05) is 26.2 Å². The number of unbranched alkanes of at least 4 members (excludes halogenated alkanes) is 3. The van der Waals surface area contributed by atoms with Crippen molar-refractivity contribution in [2.45, 2.75) is 58.0 Å². The van der Waals surface area contributed by atoms with Gasteiger partial charge >= 0.3 is 0 Å². The summed E-state index contributed by atoms with van der Waals surface area (Å²) >= 11 is 0. The summed E-state index contributed by atoms with van der Waals surface area (Å²) in [6, 6.07) is 0.550. The van der Waals surface area contributed by atoms with Crippen molar-refractivity contribution in [3.8, 4) is 0 Å². The van der Waals surface area contributed by atoms with Crippen LogP contribution in [0.3, 0.4) is 0 Å². The van der Waals surface area contributed by atoms with Crippen LogP contribution in [0, 0.1) is 0 Å². The van der Waals surface area contributed by atoms with Crippen LogP contribution in [0.2, 0.25) is 0 Å². The zero-order valence-corrected chi connectivity index (χ0v) is 10.3. The van der Waals surface area contributed by atoms with Gasteiger partial charge in [-0.3, -0.25) is 0 Å². The summed E-state index contributed by atoms with van der Waals surface area (Å²) in [5, 5.41) is 3.54. The van der Waals surface area contributed by atoms with E-state index in [1.54, 1.807) is 0 Å². The van der Waals surface area contributed by atoms with E-state index in [-0.39, 0.29) is 0 Å². The van der Waals surface area contributed by atoms with Gasteiger partial charge in [0.2, 0.25) is 0 Å². The standard InChI is InChI=1S/C13H23N3/c1-2-3-4-5-9-16-11-14-10-13(16)12-7-6-8-15-12/h10-12,15H,2-9H2,1H3. The van der Waals surface area contributed by atoms with Crippen LogP contribution in [-0.4, -0.2) is 16.1 Å². The van der Waals surface area contributed by atoms with Crippen molar-refractivity contribution in [2.75, 3.05) is 6.54 Å². The monoisotopic (exact) mass is 221 g/mol. The molecule has 1 aromatic rings. The van der Waals surface area contributed by atoms with Gasteiger partial charge in [-0.15, -0.1) is 0 Å². The molecule has 1 saturated heterocycles. The Bertz CT molecular complexity index is 300. The SMILES string of the molecule is CCCCCCn1cncc1C1CCCN1. The second kappa shape index (κ2) is 6.04. The minimum Gasteiger partial charge on any atom is -0.333 e. The molecule has 0 spiro atoms. The maximum atomic E-state index is 4.29. The molecule has 90 valence electrons. The molecule has 16 heavy (non-hydrogen) atoms. The minimum absolute atomic E-state index is 0.550. The molecule has 0 aliphatic carbocycles. The highest BCUT2D eigenvalue weighted by atomic mass is 15.1. The van der Waals surface area contributed by atoms with Crippen molar-refractivity contribution in [1.82, 2.24) is 14.9 Å². The van der Waals surface area contributed by atoms with Crippen LogP contribution in [0.4, 0.5) is 0 Å². The maximum absolute atomic E-state index is 4.29. The highest BCUT2D eigenvalue weighted by Crippen LogP contribution is 2.22. The Kier molecular flexibility index (Phi) is 4.40. The Morgan fingerprint density at radius 1 is 1.44 bits per heavy atom. The Labute approximate surface area is 98.3 Å². The van der Waals surface area contributed by atoms with E-state index in [0.29, 0.717) is 6.04 Å². The molecule has 1 aliphatic heterocycles. The zero-order chi connectivity index (χ0) is 11.2. The molecule has 0 aromatic carbocycles. The Balaban J connectivity index is 1.86. The fourth-order valence-electron chi connectivity index (χ4n) is 2.45. The van der Waals surface area contributed by atoms with Gasteiger partial charge in [-0.05, 0) is 25.8 Å². The zero-order valence-electron chi connectivity index (χ0n) is 10.3. The van der Waals surface area contributed by atoms with Crippen LogP contribution in [0.15, 0.2) is 12.5 Å². The largest absolute Gasteiger partial charge is 0.333 e. The lowest BCUT2D eigenvalue weighted by Gasteiger charge is -2.13. The molecule has 1 unspecified atom stereocenters. The Hall–Kier alpha value is -0.830. The van der Waals surface area contributed by atoms with Crippen molar-refractivity contribution in [3.05, 3.63) is 18.2 Å². The number of nitrogens with zero attached hydrogens (tertiary/aromatic N) is 2. The van der Waals surface area contributed by atoms with Gasteiger partial charge in [0.15, 0.2) is 0 Å². The molecule has 1 fully saturated rings. The summed E-state index contributed by atoms with van der Waals surface area (Å²) in [5.74, 6) is 0. The third-order valence-electron chi connectivity index (χ3n) is 3.41. The number of nitrogens with one attached hydrogen (secondary N) is 1. The van der Waals surface area contributed by atoms with Crippen LogP contribution in [0.1, 0.15) is 57.2 Å². The predicted octanol–water partition coefficient (Wildman–Crippen LogP) is 2.89. The summed E-state index contributed by atoms with van der Waals surface area (Å²) < 4.78 is 2.33. The number of aromatic nitrogens is 2. The molecule has 2 heterocycles. The van der Waals surface area contributed by atoms with Gasteiger partial charge in [0, 0.05) is 18.8 Å². The van der Waals surface area contributed by atoms with E-state index in [2.05, 4.69) is 21.8 Å². The first-order valence-corrected chi connectivity index (χ1v) is 6.65. The molecule has 1 atom stereocenters. The summed E-state index contributed by atoms with van der Waals surface area (Å²) in [5.41, 5.74) is 1.38. The highest BCUT2D eigenvalue weighted by molar-refractivity contribution is 5.07. The van der Waals surface area contributed by atoms with Crippen molar-refractivity contribution in [1.29, 1.82) is 0 Å². The third kappa shape index (κ3) is 2.85. The van der Waals surface area contributed by atoms with E-state index >= 15 is 0 Å². The fraction of sp³-hybridized carbons (Fsp3) is 0.769. The summed E-state index contributed by atoms with van der Waals surface area (Å²) in [6.45, 7) is 4.55. The van der Waals surface area contributed by atoms with Crippen LogP contribution in [0.5, 0.6) is 0 Å². The lowest BCUT2D eigenvalue weighted by atomic mass is 10.1. The van der Waals surface area contributed by atoms with Crippen LogP contribution >= 0.6 is 0 Å². The second-order valence-electron chi connectivity index (χ2n) is 4.72. The molecule has 0 radical (unpaired) electrons. The van der Waals surface area contributed by atoms with Crippen molar-refractivity contribution < 1.29 is 0 Å². The number of rotatable bonds is 6. The first-order chi connectivity index (χ1) is 7.92. The van der Waals surface area contributed by atoms with Crippen molar-refractivity contribution in [3.63, 3.8) is 0 Å². The average Bonchev–Trinajstić information content (AvgIpc) is 2.94. The molecular formula is C13H23N3. The van der Waals surface area contributed by atoms with Crippen LogP contribution < -0.4 is 5.32 Å². The topological polar surface area (TPSA) is 29.9 Å². The lowest BCUT2D eigenvalue weighted by molar-refractivity contribution is 0.528. The van der Waals surface area contributed by atoms with E-state index in [4.69, 9.17) is 0 Å². The Morgan fingerprint density at radius 3 is 3.12 bits per heavy atom. The van der Waals surface area contributed by atoms with Gasteiger partial charge in [0.25, 0.3) is 0 Å². The summed E-state index contributed by atoms with van der Waals surface area (Å²) in [4.78, 5) is 4.29. The van der Waals surface area contributed by atoms with E-state index in [9.17, 15) is 0 Å². The van der Waals surface area contributed by atoms with E-state index < -0.39 is 0 Å². The van der Waals surface area contributed by atoms with Crippen molar-refractivity contribution in [2.24, 2.45) is 0 Å². The molecule has 3 heteroatoms. The quantitative estimate of drug-likeness (QED) is 0.749. The molecule has 1 N–H and O–H groups in total. The number of aryl methyl sites for hydroxylation is 1. The van der Waals surface area contributed by atoms with E-state index in [1.807, 2.05) is 12.5 Å². The van der Waals surface area contributed by atoms with Crippen molar-refractivity contribution >= 4 is 0 Å². The minimum atomic E-state index is 0.550. The number of hydrogen-bond donors (Lipinski definition) is 1. The lowest BCUT2D eigenvalue weighted by Crippen LogP contribution is -2.16. The molecule has 0 bridgehead atoms. The van der Waals surface area contributed by atoms with E-state index in [1.165, 1.54) is 44.2 Å². The normalized spacial score (nSPS) is 20.4. The second-order valence-corrected chi connectivity index (χ2v) is 4.72. The Morgan fingerprint density at radius 2 is 2.38 bits per heavy atom. The summed E-state index contributed by atoms with van der Waals surface area (Å²) in [7, 11) is 0. The maximum Gasteiger partial charge on any atom is 0.0948 e. The molecular weight excluding hydrogens is 198 g/mol. The van der Waals surface area contributed by atoms with E-state index in [0.717, 1.165) is 13.1 Å². The van der Waals surface area contributed by atoms with Gasteiger partial charge in [0.05, 0.1) is 12.0 Å². The van der Waals surface area contributed by atoms with Crippen LogP contribution in [0.25, 0.3) is 0 Å². The number of imidazole rings is 1. The molecule has 0 amide bonds. The average molecular weight is 221 g/mol. The van der Waals surface area contributed by atoms with Gasteiger partial charge in [-0.25, -0.2) is 4.98 Å². The molecule has 1 aromatic heterocycles. The van der Waals surface area contributed by atoms with Crippen LogP contribution in [-0.2, 0) is 6.54 Å². The molecule has 3 nitrogen and oxygen atoms in total. The first kappa shape index (κ1) is 11.6. The van der Waals surface area contributed by atoms with Gasteiger partial charge in [-0.2, -0.15) is 0 Å². The predicted molar refractivity (Wildman–Crippen MR) is 66.3 cm³/mol. The third-order valence-corrected chi connectivity index (χ3v) is 3.41. The van der Waals surface area contributed by atoms with Gasteiger partial charge < -0.3 is 9.88 Å². The first-order valence-electron chi connectivity index (χ1n) is 6.65. The smallest absolute Gasteiger partial charge is 0.0948 e. The fourth-order valence-corrected chi connectivity index (χ4v) is 2.45. The molecule has 1 aliphatic rings. The molecule has 0 saturated carbocycles. The van der Waals surface area contributed by atoms with Gasteiger partial charge in [0.1, 0.15) is 0 Å². The highest BCUT2D eigenvalue weighted by Gasteiger charge is 2.19.